The fourth-order valence-corrected chi connectivity index (χ4v) is 2.98. The molecule has 0 spiro atoms. The lowest BCUT2D eigenvalue weighted by atomic mass is 9.97. The van der Waals surface area contributed by atoms with E-state index < -0.39 is 5.60 Å². The fourth-order valence-electron chi connectivity index (χ4n) is 1.94. The van der Waals surface area contributed by atoms with Crippen molar-refractivity contribution in [3.05, 3.63) is 34.7 Å². The van der Waals surface area contributed by atoms with Gasteiger partial charge in [-0.25, -0.2) is 0 Å². The second-order valence-corrected chi connectivity index (χ2v) is 5.61. The van der Waals surface area contributed by atoms with Gasteiger partial charge < -0.3 is 5.11 Å². The molecule has 80 valence electrons. The van der Waals surface area contributed by atoms with Gasteiger partial charge in [-0.15, -0.1) is 11.3 Å². The highest BCUT2D eigenvalue weighted by atomic mass is 32.1. The van der Waals surface area contributed by atoms with Crippen LogP contribution in [0.2, 0.25) is 0 Å². The van der Waals surface area contributed by atoms with Crippen LogP contribution in [0.25, 0.3) is 10.1 Å². The SMILES string of the molecule is Cc1cccc2scc(CC(C)(C)O)c12. The van der Waals surface area contributed by atoms with E-state index in [1.165, 1.54) is 21.2 Å². The van der Waals surface area contributed by atoms with E-state index in [-0.39, 0.29) is 0 Å². The highest BCUT2D eigenvalue weighted by Gasteiger charge is 2.16. The summed E-state index contributed by atoms with van der Waals surface area (Å²) >= 11 is 1.76. The zero-order valence-electron chi connectivity index (χ0n) is 9.37. The Hall–Kier alpha value is -0.860. The first-order valence-electron chi connectivity index (χ1n) is 5.15. The van der Waals surface area contributed by atoms with Gasteiger partial charge in [0.05, 0.1) is 5.60 Å². The van der Waals surface area contributed by atoms with Crippen molar-refractivity contribution in [3.8, 4) is 0 Å². The Labute approximate surface area is 94.4 Å². The molecule has 0 saturated heterocycles. The van der Waals surface area contributed by atoms with Crippen LogP contribution >= 0.6 is 11.3 Å². The molecule has 1 nitrogen and oxygen atoms in total. The van der Waals surface area contributed by atoms with Crippen molar-refractivity contribution in [2.45, 2.75) is 32.8 Å². The first-order chi connectivity index (χ1) is 6.97. The van der Waals surface area contributed by atoms with Gasteiger partial charge in [0, 0.05) is 11.1 Å². The molecule has 15 heavy (non-hydrogen) atoms. The van der Waals surface area contributed by atoms with Crippen molar-refractivity contribution in [1.29, 1.82) is 0 Å². The molecule has 0 aliphatic rings. The van der Waals surface area contributed by atoms with E-state index in [4.69, 9.17) is 0 Å². The Morgan fingerprint density at radius 2 is 2.07 bits per heavy atom. The molecule has 0 unspecified atom stereocenters. The van der Waals surface area contributed by atoms with Gasteiger partial charge in [-0.05, 0) is 48.7 Å². The minimum Gasteiger partial charge on any atom is -0.390 e. The first kappa shape index (κ1) is 10.7. The third-order valence-electron chi connectivity index (χ3n) is 2.51. The average molecular weight is 220 g/mol. The van der Waals surface area contributed by atoms with E-state index in [9.17, 15) is 5.11 Å². The minimum absolute atomic E-state index is 0.629. The molecule has 2 rings (SSSR count). The Morgan fingerprint density at radius 1 is 1.33 bits per heavy atom. The van der Waals surface area contributed by atoms with Crippen LogP contribution in [-0.2, 0) is 6.42 Å². The van der Waals surface area contributed by atoms with Crippen LogP contribution in [0.3, 0.4) is 0 Å². The van der Waals surface area contributed by atoms with Crippen molar-refractivity contribution in [3.63, 3.8) is 0 Å². The molecular weight excluding hydrogens is 204 g/mol. The predicted octanol–water partition coefficient (Wildman–Crippen LogP) is 3.52. The molecule has 1 heterocycles. The molecule has 0 bridgehead atoms. The quantitative estimate of drug-likeness (QED) is 0.821. The van der Waals surface area contributed by atoms with Crippen LogP contribution in [0.1, 0.15) is 25.0 Å². The second kappa shape index (κ2) is 3.62. The van der Waals surface area contributed by atoms with Crippen molar-refractivity contribution >= 4 is 21.4 Å². The summed E-state index contributed by atoms with van der Waals surface area (Å²) < 4.78 is 1.31. The number of aryl methyl sites for hydroxylation is 1. The number of hydrogen-bond donors (Lipinski definition) is 1. The summed E-state index contributed by atoms with van der Waals surface area (Å²) in [6.45, 7) is 5.84. The van der Waals surface area contributed by atoms with Gasteiger partial charge in [0.1, 0.15) is 0 Å². The number of benzene rings is 1. The largest absolute Gasteiger partial charge is 0.390 e. The topological polar surface area (TPSA) is 20.2 Å². The molecule has 0 saturated carbocycles. The van der Waals surface area contributed by atoms with E-state index >= 15 is 0 Å². The molecule has 1 N–H and O–H groups in total. The Morgan fingerprint density at radius 3 is 2.73 bits per heavy atom. The molecule has 0 aliphatic heterocycles. The Bertz CT molecular complexity index is 477. The minimum atomic E-state index is -0.629. The lowest BCUT2D eigenvalue weighted by molar-refractivity contribution is 0.0814. The van der Waals surface area contributed by atoms with Gasteiger partial charge in [0.2, 0.25) is 0 Å². The summed E-state index contributed by atoms with van der Waals surface area (Å²) in [6.07, 6.45) is 0.720. The van der Waals surface area contributed by atoms with E-state index in [1.807, 2.05) is 13.8 Å². The van der Waals surface area contributed by atoms with Crippen molar-refractivity contribution in [1.82, 2.24) is 0 Å². The molecule has 0 aliphatic carbocycles. The zero-order valence-corrected chi connectivity index (χ0v) is 10.2. The maximum absolute atomic E-state index is 9.84. The number of thiophene rings is 1. The summed E-state index contributed by atoms with van der Waals surface area (Å²) in [5.74, 6) is 0. The summed E-state index contributed by atoms with van der Waals surface area (Å²) in [6, 6.07) is 6.35. The van der Waals surface area contributed by atoms with Crippen LogP contribution < -0.4 is 0 Å². The maximum Gasteiger partial charge on any atom is 0.0632 e. The first-order valence-corrected chi connectivity index (χ1v) is 6.03. The second-order valence-electron chi connectivity index (χ2n) is 4.70. The summed E-state index contributed by atoms with van der Waals surface area (Å²) in [5.41, 5.74) is 1.93. The molecule has 2 aromatic rings. The number of aliphatic hydroxyl groups is 1. The van der Waals surface area contributed by atoms with Gasteiger partial charge in [0.15, 0.2) is 0 Å². The lowest BCUT2D eigenvalue weighted by Gasteiger charge is -2.16. The molecule has 0 fully saturated rings. The molecule has 0 radical (unpaired) electrons. The van der Waals surface area contributed by atoms with Crippen LogP contribution in [0.4, 0.5) is 0 Å². The number of fused-ring (bicyclic) bond motifs is 1. The van der Waals surface area contributed by atoms with Crippen LogP contribution in [0, 0.1) is 6.92 Å². The van der Waals surface area contributed by atoms with Gasteiger partial charge in [0.25, 0.3) is 0 Å². The van der Waals surface area contributed by atoms with Gasteiger partial charge >= 0.3 is 0 Å². The van der Waals surface area contributed by atoms with Gasteiger partial charge in [-0.1, -0.05) is 12.1 Å². The van der Waals surface area contributed by atoms with E-state index in [2.05, 4.69) is 30.5 Å². The summed E-state index contributed by atoms with van der Waals surface area (Å²) in [7, 11) is 0. The van der Waals surface area contributed by atoms with E-state index in [0.29, 0.717) is 0 Å². The number of rotatable bonds is 2. The van der Waals surface area contributed by atoms with Gasteiger partial charge in [-0.2, -0.15) is 0 Å². The molecule has 2 heteroatoms. The zero-order chi connectivity index (χ0) is 11.1. The highest BCUT2D eigenvalue weighted by Crippen LogP contribution is 2.30. The maximum atomic E-state index is 9.84. The molecule has 1 aromatic heterocycles. The van der Waals surface area contributed by atoms with E-state index in [0.717, 1.165) is 6.42 Å². The number of hydrogen-bond acceptors (Lipinski definition) is 2. The van der Waals surface area contributed by atoms with Crippen molar-refractivity contribution in [2.24, 2.45) is 0 Å². The fraction of sp³-hybridized carbons (Fsp3) is 0.385. The van der Waals surface area contributed by atoms with E-state index in [1.54, 1.807) is 11.3 Å². The summed E-state index contributed by atoms with van der Waals surface area (Å²) in [5, 5.41) is 13.3. The van der Waals surface area contributed by atoms with Crippen molar-refractivity contribution < 1.29 is 5.11 Å². The highest BCUT2D eigenvalue weighted by molar-refractivity contribution is 7.17. The molecule has 0 atom stereocenters. The third kappa shape index (κ3) is 2.21. The predicted molar refractivity (Wildman–Crippen MR) is 66.6 cm³/mol. The molecule has 0 amide bonds. The Kier molecular flexibility index (Phi) is 2.57. The molecular formula is C13H16OS. The summed E-state index contributed by atoms with van der Waals surface area (Å²) in [4.78, 5) is 0. The van der Waals surface area contributed by atoms with Crippen molar-refractivity contribution in [2.75, 3.05) is 0 Å². The third-order valence-corrected chi connectivity index (χ3v) is 3.50. The standard InChI is InChI=1S/C13H16OS/c1-9-5-4-6-11-12(9)10(8-15-11)7-13(2,3)14/h4-6,8,14H,7H2,1-3H3. The van der Waals surface area contributed by atoms with Crippen LogP contribution in [0.5, 0.6) is 0 Å². The smallest absolute Gasteiger partial charge is 0.0632 e. The monoisotopic (exact) mass is 220 g/mol. The average Bonchev–Trinajstić information content (AvgIpc) is 2.47. The lowest BCUT2D eigenvalue weighted by Crippen LogP contribution is -2.21. The normalized spacial score (nSPS) is 12.3. The van der Waals surface area contributed by atoms with Crippen LogP contribution in [-0.4, -0.2) is 10.7 Å². The molecule has 1 aromatic carbocycles. The van der Waals surface area contributed by atoms with Gasteiger partial charge in [-0.3, -0.25) is 0 Å². The van der Waals surface area contributed by atoms with Crippen LogP contribution in [0.15, 0.2) is 23.6 Å². The Balaban J connectivity index is 2.53.